The number of hydrogen-bond acceptors (Lipinski definition) is 4. The lowest BCUT2D eigenvalue weighted by atomic mass is 10.0. The summed E-state index contributed by atoms with van der Waals surface area (Å²) in [5.41, 5.74) is 3.73. The van der Waals surface area contributed by atoms with Crippen molar-refractivity contribution in [2.24, 2.45) is 0 Å². The van der Waals surface area contributed by atoms with Gasteiger partial charge in [0, 0.05) is 23.2 Å². The van der Waals surface area contributed by atoms with E-state index < -0.39 is 5.97 Å². The Morgan fingerprint density at radius 2 is 1.93 bits per heavy atom. The Kier molecular flexibility index (Phi) is 4.49. The summed E-state index contributed by atoms with van der Waals surface area (Å²) in [6.07, 6.45) is 2.14. The Hall–Kier alpha value is -3.74. The molecule has 0 spiro atoms. The molecule has 7 heteroatoms. The molecule has 0 unspecified atom stereocenters. The molecule has 0 atom stereocenters. The molecule has 6 nitrogen and oxygen atoms in total. The van der Waals surface area contributed by atoms with Crippen LogP contribution in [0.3, 0.4) is 0 Å². The van der Waals surface area contributed by atoms with Crippen LogP contribution in [0.1, 0.15) is 21.7 Å². The molecule has 3 heterocycles. The smallest absolute Gasteiger partial charge is 0.354 e. The predicted molar refractivity (Wildman–Crippen MR) is 101 cm³/mol. The number of aromatic carboxylic acids is 1. The van der Waals surface area contributed by atoms with E-state index >= 15 is 0 Å². The maximum Gasteiger partial charge on any atom is 0.354 e. The van der Waals surface area contributed by atoms with Crippen LogP contribution in [0, 0.1) is 5.82 Å². The number of rotatable bonds is 5. The van der Waals surface area contributed by atoms with Crippen LogP contribution in [-0.2, 0) is 6.42 Å². The van der Waals surface area contributed by atoms with Crippen molar-refractivity contribution < 1.29 is 19.0 Å². The van der Waals surface area contributed by atoms with Crippen LogP contribution in [0.15, 0.2) is 60.8 Å². The lowest BCUT2D eigenvalue weighted by Crippen LogP contribution is -2.03. The zero-order valence-electron chi connectivity index (χ0n) is 15.0. The van der Waals surface area contributed by atoms with E-state index in [4.69, 9.17) is 4.74 Å². The van der Waals surface area contributed by atoms with Crippen LogP contribution in [0.4, 0.5) is 4.39 Å². The van der Waals surface area contributed by atoms with Gasteiger partial charge in [0.25, 0.3) is 0 Å². The summed E-state index contributed by atoms with van der Waals surface area (Å²) in [4.78, 5) is 15.4. The first-order chi connectivity index (χ1) is 13.5. The minimum Gasteiger partial charge on any atom is -0.495 e. The first-order valence-electron chi connectivity index (χ1n) is 8.55. The predicted octanol–water partition coefficient (Wildman–Crippen LogP) is 3.83. The van der Waals surface area contributed by atoms with Crippen molar-refractivity contribution in [2.75, 3.05) is 7.11 Å². The molecule has 28 heavy (non-hydrogen) atoms. The van der Waals surface area contributed by atoms with Crippen LogP contribution in [0.25, 0.3) is 16.8 Å². The SMILES string of the molecule is COc1ccc2c(Cc3cccc(C(=O)O)n3)c(-c3ccc(F)cc3)nn2c1. The Labute approximate surface area is 159 Å². The summed E-state index contributed by atoms with van der Waals surface area (Å²) in [6, 6.07) is 14.7. The zero-order valence-corrected chi connectivity index (χ0v) is 15.0. The Balaban J connectivity index is 1.87. The van der Waals surface area contributed by atoms with Gasteiger partial charge in [-0.3, -0.25) is 0 Å². The lowest BCUT2D eigenvalue weighted by Gasteiger charge is -2.05. The second-order valence-corrected chi connectivity index (χ2v) is 6.23. The monoisotopic (exact) mass is 377 g/mol. The molecule has 3 aromatic heterocycles. The van der Waals surface area contributed by atoms with E-state index in [1.54, 1.807) is 42.1 Å². The highest BCUT2D eigenvalue weighted by Crippen LogP contribution is 2.29. The Morgan fingerprint density at radius 1 is 1.14 bits per heavy atom. The Bertz CT molecular complexity index is 1170. The number of ether oxygens (including phenoxy) is 1. The topological polar surface area (TPSA) is 76.7 Å². The zero-order chi connectivity index (χ0) is 19.7. The van der Waals surface area contributed by atoms with Crippen molar-refractivity contribution >= 4 is 11.5 Å². The van der Waals surface area contributed by atoms with E-state index in [2.05, 4.69) is 10.1 Å². The van der Waals surface area contributed by atoms with E-state index in [1.165, 1.54) is 18.2 Å². The molecule has 0 aliphatic rings. The van der Waals surface area contributed by atoms with E-state index in [1.807, 2.05) is 12.1 Å². The number of methoxy groups -OCH3 is 1. The number of benzene rings is 1. The summed E-state index contributed by atoms with van der Waals surface area (Å²) in [6.45, 7) is 0. The van der Waals surface area contributed by atoms with Gasteiger partial charge in [0.15, 0.2) is 0 Å². The molecule has 4 aromatic rings. The molecular formula is C21H16FN3O3. The van der Waals surface area contributed by atoms with Crippen molar-refractivity contribution in [1.29, 1.82) is 0 Å². The highest BCUT2D eigenvalue weighted by molar-refractivity contribution is 5.85. The van der Waals surface area contributed by atoms with Crippen molar-refractivity contribution in [2.45, 2.75) is 6.42 Å². The standard InChI is InChI=1S/C21H16FN3O3/c1-28-16-9-10-19-17(11-15-3-2-4-18(23-15)21(26)27)20(24-25(19)12-16)13-5-7-14(22)8-6-13/h2-10,12H,11H2,1H3,(H,26,27). The first-order valence-corrected chi connectivity index (χ1v) is 8.55. The summed E-state index contributed by atoms with van der Waals surface area (Å²) in [5, 5.41) is 13.8. The van der Waals surface area contributed by atoms with Gasteiger partial charge in [-0.1, -0.05) is 6.07 Å². The van der Waals surface area contributed by atoms with Gasteiger partial charge in [0.2, 0.25) is 0 Å². The number of carboxylic acids is 1. The first kappa shape index (κ1) is 17.7. The molecule has 140 valence electrons. The number of halogens is 1. The number of hydrogen-bond donors (Lipinski definition) is 1. The molecule has 0 saturated heterocycles. The summed E-state index contributed by atoms with van der Waals surface area (Å²) >= 11 is 0. The average Bonchev–Trinajstić information content (AvgIpc) is 3.06. The van der Waals surface area contributed by atoms with Gasteiger partial charge in [0.05, 0.1) is 24.5 Å². The highest BCUT2D eigenvalue weighted by atomic mass is 19.1. The highest BCUT2D eigenvalue weighted by Gasteiger charge is 2.17. The third-order valence-corrected chi connectivity index (χ3v) is 4.44. The van der Waals surface area contributed by atoms with Crippen LogP contribution < -0.4 is 4.74 Å². The summed E-state index contributed by atoms with van der Waals surface area (Å²) in [7, 11) is 1.58. The molecule has 0 aliphatic heterocycles. The Morgan fingerprint density at radius 3 is 2.64 bits per heavy atom. The molecule has 1 N–H and O–H groups in total. The van der Waals surface area contributed by atoms with Gasteiger partial charge in [0.1, 0.15) is 17.3 Å². The fraction of sp³-hybridized carbons (Fsp3) is 0.0952. The van der Waals surface area contributed by atoms with Crippen LogP contribution >= 0.6 is 0 Å². The second-order valence-electron chi connectivity index (χ2n) is 6.23. The van der Waals surface area contributed by atoms with Gasteiger partial charge >= 0.3 is 5.97 Å². The van der Waals surface area contributed by atoms with E-state index in [0.29, 0.717) is 23.6 Å². The van der Waals surface area contributed by atoms with Crippen molar-refractivity contribution in [3.63, 3.8) is 0 Å². The lowest BCUT2D eigenvalue weighted by molar-refractivity contribution is 0.0690. The molecule has 1 aromatic carbocycles. The second kappa shape index (κ2) is 7.11. The van der Waals surface area contributed by atoms with E-state index in [0.717, 1.165) is 16.6 Å². The van der Waals surface area contributed by atoms with E-state index in [-0.39, 0.29) is 11.5 Å². The number of aromatic nitrogens is 3. The van der Waals surface area contributed by atoms with Crippen molar-refractivity contribution in [3.8, 4) is 17.0 Å². The van der Waals surface area contributed by atoms with Crippen molar-refractivity contribution in [1.82, 2.24) is 14.6 Å². The van der Waals surface area contributed by atoms with Crippen molar-refractivity contribution in [3.05, 3.63) is 83.6 Å². The molecule has 0 saturated carbocycles. The molecule has 0 aliphatic carbocycles. The van der Waals surface area contributed by atoms with Gasteiger partial charge in [-0.2, -0.15) is 5.10 Å². The third-order valence-electron chi connectivity index (χ3n) is 4.44. The molecule has 0 fully saturated rings. The normalized spacial score (nSPS) is 10.9. The molecule has 4 rings (SSSR count). The fourth-order valence-corrected chi connectivity index (χ4v) is 3.09. The van der Waals surface area contributed by atoms with Crippen LogP contribution in [0.2, 0.25) is 0 Å². The number of carboxylic acid groups (broad SMARTS) is 1. The van der Waals surface area contributed by atoms with Crippen LogP contribution in [-0.4, -0.2) is 32.8 Å². The quantitative estimate of drug-likeness (QED) is 0.572. The molecule has 0 radical (unpaired) electrons. The largest absolute Gasteiger partial charge is 0.495 e. The summed E-state index contributed by atoms with van der Waals surface area (Å²) in [5.74, 6) is -0.755. The van der Waals surface area contributed by atoms with Gasteiger partial charge in [-0.25, -0.2) is 18.7 Å². The minimum absolute atomic E-state index is 0.0148. The molecular weight excluding hydrogens is 361 g/mol. The number of carbonyl (C=O) groups is 1. The fourth-order valence-electron chi connectivity index (χ4n) is 3.09. The molecule has 0 bridgehead atoms. The minimum atomic E-state index is -1.08. The van der Waals surface area contributed by atoms with E-state index in [9.17, 15) is 14.3 Å². The number of pyridine rings is 2. The van der Waals surface area contributed by atoms with Crippen LogP contribution in [0.5, 0.6) is 5.75 Å². The van der Waals surface area contributed by atoms with Gasteiger partial charge < -0.3 is 9.84 Å². The number of nitrogens with zero attached hydrogens (tertiary/aromatic N) is 3. The van der Waals surface area contributed by atoms with Gasteiger partial charge in [-0.05, 0) is 48.5 Å². The van der Waals surface area contributed by atoms with Gasteiger partial charge in [-0.15, -0.1) is 0 Å². The summed E-state index contributed by atoms with van der Waals surface area (Å²) < 4.78 is 20.3. The molecule has 0 amide bonds. The maximum absolute atomic E-state index is 13.4. The third kappa shape index (κ3) is 3.29. The maximum atomic E-state index is 13.4. The average molecular weight is 377 g/mol. The number of fused-ring (bicyclic) bond motifs is 1.